The zero-order valence-corrected chi connectivity index (χ0v) is 11.6. The van der Waals surface area contributed by atoms with E-state index in [2.05, 4.69) is 10.3 Å². The Labute approximate surface area is 122 Å². The van der Waals surface area contributed by atoms with E-state index in [4.69, 9.17) is 5.26 Å². The molecule has 1 saturated carbocycles. The summed E-state index contributed by atoms with van der Waals surface area (Å²) in [6.07, 6.45) is 5.28. The number of nitrogens with zero attached hydrogens (tertiary/aromatic N) is 2. The van der Waals surface area contributed by atoms with Gasteiger partial charge in [0.05, 0.1) is 11.0 Å². The molecule has 1 aliphatic carbocycles. The van der Waals surface area contributed by atoms with Crippen molar-refractivity contribution in [2.24, 2.45) is 5.41 Å². The highest BCUT2D eigenvalue weighted by Gasteiger charge is 2.39. The van der Waals surface area contributed by atoms with E-state index >= 15 is 0 Å². The second kappa shape index (κ2) is 6.35. The molecule has 0 atom stereocenters. The quantitative estimate of drug-likeness (QED) is 0.877. The molecule has 0 radical (unpaired) electrons. The minimum atomic E-state index is -0.861. The maximum atomic E-state index is 12.0. The maximum absolute atomic E-state index is 12.0. The van der Waals surface area contributed by atoms with Crippen LogP contribution in [0.5, 0.6) is 0 Å². The van der Waals surface area contributed by atoms with Crippen molar-refractivity contribution in [2.45, 2.75) is 32.1 Å². The molecule has 1 aromatic rings. The van der Waals surface area contributed by atoms with Gasteiger partial charge in [-0.25, -0.2) is 4.98 Å². The first-order valence-corrected chi connectivity index (χ1v) is 6.95. The SMILES string of the molecule is N#Cc1ccc(C(=O)NCC2(C(=O)O)CCCCC2)nc1. The van der Waals surface area contributed by atoms with E-state index < -0.39 is 17.3 Å². The number of rotatable bonds is 4. The Kier molecular flexibility index (Phi) is 4.53. The van der Waals surface area contributed by atoms with Gasteiger partial charge in [0.15, 0.2) is 0 Å². The fraction of sp³-hybridized carbons (Fsp3) is 0.467. The summed E-state index contributed by atoms with van der Waals surface area (Å²) in [6, 6.07) is 4.90. The molecule has 110 valence electrons. The van der Waals surface area contributed by atoms with E-state index in [1.54, 1.807) is 0 Å². The first kappa shape index (κ1) is 15.0. The Balaban J connectivity index is 2.01. The summed E-state index contributed by atoms with van der Waals surface area (Å²) < 4.78 is 0. The molecule has 2 N–H and O–H groups in total. The van der Waals surface area contributed by atoms with Crippen LogP contribution in [0.1, 0.15) is 48.2 Å². The Bertz CT molecular complexity index is 569. The number of carbonyl (C=O) groups is 2. The summed E-state index contributed by atoms with van der Waals surface area (Å²) in [5.74, 6) is -1.26. The van der Waals surface area contributed by atoms with E-state index in [0.29, 0.717) is 18.4 Å². The molecule has 0 aromatic carbocycles. The van der Waals surface area contributed by atoms with Gasteiger partial charge in [-0.1, -0.05) is 19.3 Å². The molecular formula is C15H17N3O3. The van der Waals surface area contributed by atoms with Gasteiger partial charge in [-0.15, -0.1) is 0 Å². The molecule has 0 aliphatic heterocycles. The summed E-state index contributed by atoms with van der Waals surface area (Å²) >= 11 is 0. The van der Waals surface area contributed by atoms with Gasteiger partial charge in [0.25, 0.3) is 5.91 Å². The Morgan fingerprint density at radius 3 is 2.57 bits per heavy atom. The molecule has 0 spiro atoms. The van der Waals surface area contributed by atoms with Crippen LogP contribution in [-0.4, -0.2) is 28.5 Å². The summed E-state index contributed by atoms with van der Waals surface area (Å²) in [5.41, 5.74) is -0.299. The molecule has 0 bridgehead atoms. The maximum Gasteiger partial charge on any atom is 0.311 e. The molecule has 1 aliphatic rings. The van der Waals surface area contributed by atoms with Gasteiger partial charge < -0.3 is 10.4 Å². The van der Waals surface area contributed by atoms with Crippen LogP contribution in [0.3, 0.4) is 0 Å². The molecular weight excluding hydrogens is 270 g/mol. The molecule has 1 amide bonds. The van der Waals surface area contributed by atoms with E-state index in [1.807, 2.05) is 6.07 Å². The average molecular weight is 287 g/mol. The molecule has 1 heterocycles. The summed E-state index contributed by atoms with van der Waals surface area (Å²) in [7, 11) is 0. The van der Waals surface area contributed by atoms with Crippen LogP contribution in [0.25, 0.3) is 0 Å². The first-order valence-electron chi connectivity index (χ1n) is 6.95. The van der Waals surface area contributed by atoms with Gasteiger partial charge in [0.2, 0.25) is 0 Å². The highest BCUT2D eigenvalue weighted by Crippen LogP contribution is 2.36. The highest BCUT2D eigenvalue weighted by molar-refractivity contribution is 5.92. The van der Waals surface area contributed by atoms with E-state index in [0.717, 1.165) is 19.3 Å². The van der Waals surface area contributed by atoms with E-state index in [1.165, 1.54) is 18.3 Å². The van der Waals surface area contributed by atoms with Crippen LogP contribution >= 0.6 is 0 Å². The average Bonchev–Trinajstić information content (AvgIpc) is 2.53. The lowest BCUT2D eigenvalue weighted by atomic mass is 9.74. The number of aliphatic carboxylic acids is 1. The molecule has 0 unspecified atom stereocenters. The third-order valence-electron chi connectivity index (χ3n) is 3.98. The van der Waals surface area contributed by atoms with Crippen LogP contribution in [0.15, 0.2) is 18.3 Å². The number of aromatic nitrogens is 1. The lowest BCUT2D eigenvalue weighted by molar-refractivity contribution is -0.150. The number of nitriles is 1. The number of hydrogen-bond acceptors (Lipinski definition) is 4. The number of carboxylic acid groups (broad SMARTS) is 1. The van der Waals surface area contributed by atoms with Crippen molar-refractivity contribution in [1.82, 2.24) is 10.3 Å². The third kappa shape index (κ3) is 3.37. The normalized spacial score (nSPS) is 16.7. The molecule has 1 aromatic heterocycles. The molecule has 6 heteroatoms. The van der Waals surface area contributed by atoms with Gasteiger partial charge in [-0.05, 0) is 25.0 Å². The van der Waals surface area contributed by atoms with Crippen molar-refractivity contribution in [3.8, 4) is 6.07 Å². The zero-order chi connectivity index (χ0) is 15.3. The predicted molar refractivity (Wildman–Crippen MR) is 74.4 cm³/mol. The lowest BCUT2D eigenvalue weighted by Gasteiger charge is -2.33. The van der Waals surface area contributed by atoms with Gasteiger partial charge in [0, 0.05) is 12.7 Å². The van der Waals surface area contributed by atoms with Crippen molar-refractivity contribution >= 4 is 11.9 Å². The van der Waals surface area contributed by atoms with Crippen LogP contribution in [-0.2, 0) is 4.79 Å². The highest BCUT2D eigenvalue weighted by atomic mass is 16.4. The summed E-state index contributed by atoms with van der Waals surface area (Å²) in [6.45, 7) is 0.114. The van der Waals surface area contributed by atoms with Gasteiger partial charge in [-0.2, -0.15) is 5.26 Å². The largest absolute Gasteiger partial charge is 0.481 e. The first-order chi connectivity index (χ1) is 10.1. The van der Waals surface area contributed by atoms with Crippen LogP contribution in [0.2, 0.25) is 0 Å². The molecule has 21 heavy (non-hydrogen) atoms. The van der Waals surface area contributed by atoms with Crippen molar-refractivity contribution in [3.05, 3.63) is 29.6 Å². The monoisotopic (exact) mass is 287 g/mol. The number of pyridine rings is 1. The molecule has 1 fully saturated rings. The van der Waals surface area contributed by atoms with E-state index in [9.17, 15) is 14.7 Å². The number of nitrogens with one attached hydrogen (secondary N) is 1. The Morgan fingerprint density at radius 2 is 2.05 bits per heavy atom. The fourth-order valence-corrected chi connectivity index (χ4v) is 2.63. The zero-order valence-electron chi connectivity index (χ0n) is 11.6. The molecule has 0 saturated heterocycles. The van der Waals surface area contributed by atoms with Crippen LogP contribution < -0.4 is 5.32 Å². The van der Waals surface area contributed by atoms with Gasteiger partial charge >= 0.3 is 5.97 Å². The third-order valence-corrected chi connectivity index (χ3v) is 3.98. The van der Waals surface area contributed by atoms with Gasteiger partial charge in [0.1, 0.15) is 11.8 Å². The second-order valence-corrected chi connectivity index (χ2v) is 5.37. The number of amides is 1. The van der Waals surface area contributed by atoms with E-state index in [-0.39, 0.29) is 12.2 Å². The summed E-state index contributed by atoms with van der Waals surface area (Å²) in [5, 5.41) is 20.8. The molecule has 6 nitrogen and oxygen atoms in total. The number of hydrogen-bond donors (Lipinski definition) is 2. The standard InChI is InChI=1S/C15H17N3O3/c16-8-11-4-5-12(17-9-11)13(19)18-10-15(14(20)21)6-2-1-3-7-15/h4-5,9H,1-3,6-7,10H2,(H,18,19)(H,20,21). The number of carbonyl (C=O) groups excluding carboxylic acids is 1. The predicted octanol–water partition coefficient (Wildman–Crippen LogP) is 1.72. The minimum Gasteiger partial charge on any atom is -0.481 e. The minimum absolute atomic E-state index is 0.114. The molecule has 2 rings (SSSR count). The topological polar surface area (TPSA) is 103 Å². The van der Waals surface area contributed by atoms with Crippen LogP contribution in [0.4, 0.5) is 0 Å². The van der Waals surface area contributed by atoms with Crippen molar-refractivity contribution in [3.63, 3.8) is 0 Å². The fourth-order valence-electron chi connectivity index (χ4n) is 2.63. The van der Waals surface area contributed by atoms with Crippen LogP contribution in [0, 0.1) is 16.7 Å². The number of carboxylic acids is 1. The lowest BCUT2D eigenvalue weighted by Crippen LogP contribution is -2.44. The summed E-state index contributed by atoms with van der Waals surface area (Å²) in [4.78, 5) is 27.4. The Hall–Kier alpha value is -2.42. The van der Waals surface area contributed by atoms with Crippen molar-refractivity contribution in [1.29, 1.82) is 5.26 Å². The Morgan fingerprint density at radius 1 is 1.33 bits per heavy atom. The van der Waals surface area contributed by atoms with Crippen molar-refractivity contribution in [2.75, 3.05) is 6.54 Å². The van der Waals surface area contributed by atoms with Crippen molar-refractivity contribution < 1.29 is 14.7 Å². The smallest absolute Gasteiger partial charge is 0.311 e. The second-order valence-electron chi connectivity index (χ2n) is 5.37. The van der Waals surface area contributed by atoms with Gasteiger partial charge in [-0.3, -0.25) is 9.59 Å².